The Morgan fingerprint density at radius 2 is 1.62 bits per heavy atom. The summed E-state index contributed by atoms with van der Waals surface area (Å²) < 4.78 is 5.82. The molecule has 0 unspecified atom stereocenters. The average molecular weight is 313 g/mol. The highest BCUT2D eigenvalue weighted by atomic mass is 16.5. The van der Waals surface area contributed by atoms with E-state index in [-0.39, 0.29) is 0 Å². The van der Waals surface area contributed by atoms with Crippen molar-refractivity contribution in [2.24, 2.45) is 0 Å². The van der Waals surface area contributed by atoms with Crippen LogP contribution in [-0.4, -0.2) is 15.0 Å². The first-order chi connectivity index (χ1) is 11.8. The van der Waals surface area contributed by atoms with Crippen molar-refractivity contribution in [1.82, 2.24) is 15.0 Å². The van der Waals surface area contributed by atoms with Crippen molar-refractivity contribution in [2.75, 3.05) is 0 Å². The van der Waals surface area contributed by atoms with Gasteiger partial charge in [-0.3, -0.25) is 0 Å². The van der Waals surface area contributed by atoms with E-state index in [9.17, 15) is 0 Å². The molecule has 4 heteroatoms. The number of hydrogen-bond acceptors (Lipinski definition) is 4. The first-order valence-corrected chi connectivity index (χ1v) is 7.72. The molecular formula is C20H15N3O. The predicted octanol–water partition coefficient (Wildman–Crippen LogP) is 4.79. The van der Waals surface area contributed by atoms with Crippen molar-refractivity contribution in [3.63, 3.8) is 0 Å². The molecule has 24 heavy (non-hydrogen) atoms. The van der Waals surface area contributed by atoms with E-state index in [0.29, 0.717) is 17.4 Å². The number of rotatable bonds is 3. The van der Waals surface area contributed by atoms with Gasteiger partial charge in [-0.15, -0.1) is 0 Å². The van der Waals surface area contributed by atoms with E-state index in [2.05, 4.69) is 15.0 Å². The molecule has 2 aromatic carbocycles. The maximum atomic E-state index is 5.82. The molecule has 0 fully saturated rings. The van der Waals surface area contributed by atoms with Gasteiger partial charge in [0.2, 0.25) is 5.88 Å². The third-order valence-electron chi connectivity index (χ3n) is 3.69. The van der Waals surface area contributed by atoms with Gasteiger partial charge in [0.25, 0.3) is 0 Å². The second-order valence-electron chi connectivity index (χ2n) is 5.53. The molecule has 0 aliphatic rings. The number of fused-ring (bicyclic) bond motifs is 1. The Morgan fingerprint density at radius 1 is 0.792 bits per heavy atom. The summed E-state index contributed by atoms with van der Waals surface area (Å²) in [5.74, 6) is 1.86. The molecule has 2 heterocycles. The Hall–Kier alpha value is -3.27. The van der Waals surface area contributed by atoms with Crippen molar-refractivity contribution in [1.29, 1.82) is 0 Å². The molecule has 0 aliphatic heterocycles. The Labute approximate surface area is 139 Å². The average Bonchev–Trinajstić information content (AvgIpc) is 2.63. The molecule has 4 rings (SSSR count). The predicted molar refractivity (Wildman–Crippen MR) is 94.0 cm³/mol. The lowest BCUT2D eigenvalue weighted by atomic mass is 10.2. The molecule has 4 aromatic rings. The molecule has 0 radical (unpaired) electrons. The summed E-state index contributed by atoms with van der Waals surface area (Å²) in [5, 5.41) is 1.01. The fourth-order valence-electron chi connectivity index (χ4n) is 2.42. The van der Waals surface area contributed by atoms with Gasteiger partial charge in [0, 0.05) is 17.6 Å². The molecule has 0 bridgehead atoms. The quantitative estimate of drug-likeness (QED) is 0.545. The Bertz CT molecular complexity index is 997. The zero-order chi connectivity index (χ0) is 16.4. The van der Waals surface area contributed by atoms with Crippen LogP contribution in [0.25, 0.3) is 22.4 Å². The van der Waals surface area contributed by atoms with Crippen LogP contribution >= 0.6 is 0 Å². The van der Waals surface area contributed by atoms with Crippen molar-refractivity contribution in [3.05, 3.63) is 78.5 Å². The highest BCUT2D eigenvalue weighted by molar-refractivity contribution is 5.79. The van der Waals surface area contributed by atoms with Crippen LogP contribution in [0, 0.1) is 6.92 Å². The minimum atomic E-state index is 0.521. The SMILES string of the molecule is Cc1ccc(Oc2cccc(-c3ncc4ccccc4n3)n2)cc1. The first-order valence-electron chi connectivity index (χ1n) is 7.72. The summed E-state index contributed by atoms with van der Waals surface area (Å²) >= 11 is 0. The lowest BCUT2D eigenvalue weighted by Gasteiger charge is -2.07. The van der Waals surface area contributed by atoms with Gasteiger partial charge < -0.3 is 4.74 Å². The number of aromatic nitrogens is 3. The van der Waals surface area contributed by atoms with Gasteiger partial charge in [0.05, 0.1) is 5.52 Å². The van der Waals surface area contributed by atoms with Crippen LogP contribution in [0.15, 0.2) is 72.9 Å². The smallest absolute Gasteiger partial charge is 0.219 e. The maximum absolute atomic E-state index is 5.82. The largest absolute Gasteiger partial charge is 0.439 e. The van der Waals surface area contributed by atoms with Gasteiger partial charge in [0.1, 0.15) is 11.4 Å². The fraction of sp³-hybridized carbons (Fsp3) is 0.0500. The zero-order valence-corrected chi connectivity index (χ0v) is 13.2. The number of para-hydroxylation sites is 1. The number of pyridine rings is 1. The van der Waals surface area contributed by atoms with E-state index in [1.165, 1.54) is 5.56 Å². The maximum Gasteiger partial charge on any atom is 0.219 e. The van der Waals surface area contributed by atoms with Gasteiger partial charge in [-0.25, -0.2) is 15.0 Å². The molecule has 116 valence electrons. The van der Waals surface area contributed by atoms with Crippen molar-refractivity contribution in [2.45, 2.75) is 6.92 Å². The van der Waals surface area contributed by atoms with E-state index in [1.807, 2.05) is 79.9 Å². The van der Waals surface area contributed by atoms with Crippen LogP contribution in [0.2, 0.25) is 0 Å². The topological polar surface area (TPSA) is 47.9 Å². The molecule has 0 saturated carbocycles. The number of aryl methyl sites for hydroxylation is 1. The lowest BCUT2D eigenvalue weighted by Crippen LogP contribution is -1.94. The molecule has 0 aliphatic carbocycles. The standard InChI is InChI=1S/C20H15N3O/c1-14-9-11-16(12-10-14)24-19-8-4-7-18(22-19)20-21-13-15-5-2-3-6-17(15)23-20/h2-13H,1H3. The van der Waals surface area contributed by atoms with E-state index in [4.69, 9.17) is 4.74 Å². The summed E-state index contributed by atoms with van der Waals surface area (Å²) in [5.41, 5.74) is 2.77. The molecule has 0 spiro atoms. The number of benzene rings is 2. The molecule has 2 aromatic heterocycles. The summed E-state index contributed by atoms with van der Waals surface area (Å²) in [7, 11) is 0. The Balaban J connectivity index is 1.67. The highest BCUT2D eigenvalue weighted by Gasteiger charge is 2.07. The summed E-state index contributed by atoms with van der Waals surface area (Å²) in [6, 6.07) is 21.4. The van der Waals surface area contributed by atoms with Gasteiger partial charge >= 0.3 is 0 Å². The zero-order valence-electron chi connectivity index (χ0n) is 13.2. The van der Waals surface area contributed by atoms with Gasteiger partial charge in [-0.2, -0.15) is 0 Å². The van der Waals surface area contributed by atoms with Gasteiger partial charge in [-0.05, 0) is 31.2 Å². The summed E-state index contributed by atoms with van der Waals surface area (Å²) in [6.45, 7) is 2.04. The molecular weight excluding hydrogens is 298 g/mol. The third-order valence-corrected chi connectivity index (χ3v) is 3.69. The van der Waals surface area contributed by atoms with E-state index < -0.39 is 0 Å². The van der Waals surface area contributed by atoms with Gasteiger partial charge in [-0.1, -0.05) is 42.0 Å². The summed E-state index contributed by atoms with van der Waals surface area (Å²) in [6.07, 6.45) is 1.81. The minimum Gasteiger partial charge on any atom is -0.439 e. The van der Waals surface area contributed by atoms with Crippen molar-refractivity contribution in [3.8, 4) is 23.1 Å². The van der Waals surface area contributed by atoms with Crippen LogP contribution in [0.1, 0.15) is 5.56 Å². The van der Waals surface area contributed by atoms with Crippen LogP contribution < -0.4 is 4.74 Å². The van der Waals surface area contributed by atoms with Crippen LogP contribution in [0.3, 0.4) is 0 Å². The van der Waals surface area contributed by atoms with Crippen molar-refractivity contribution >= 4 is 10.9 Å². The number of hydrogen-bond donors (Lipinski definition) is 0. The monoisotopic (exact) mass is 313 g/mol. The molecule has 0 atom stereocenters. The van der Waals surface area contributed by atoms with Crippen molar-refractivity contribution < 1.29 is 4.74 Å². The minimum absolute atomic E-state index is 0.521. The summed E-state index contributed by atoms with van der Waals surface area (Å²) in [4.78, 5) is 13.5. The molecule has 4 nitrogen and oxygen atoms in total. The Kier molecular flexibility index (Phi) is 3.63. The normalized spacial score (nSPS) is 10.7. The second-order valence-corrected chi connectivity index (χ2v) is 5.53. The van der Waals surface area contributed by atoms with Crippen LogP contribution in [0.5, 0.6) is 11.6 Å². The van der Waals surface area contributed by atoms with E-state index in [0.717, 1.165) is 16.7 Å². The fourth-order valence-corrected chi connectivity index (χ4v) is 2.42. The second kappa shape index (κ2) is 6.08. The van der Waals surface area contributed by atoms with Gasteiger partial charge in [0.15, 0.2) is 5.82 Å². The van der Waals surface area contributed by atoms with E-state index in [1.54, 1.807) is 0 Å². The highest BCUT2D eigenvalue weighted by Crippen LogP contribution is 2.23. The molecule has 0 N–H and O–H groups in total. The van der Waals surface area contributed by atoms with Crippen LogP contribution in [0.4, 0.5) is 0 Å². The molecule has 0 amide bonds. The van der Waals surface area contributed by atoms with E-state index >= 15 is 0 Å². The number of nitrogens with zero attached hydrogens (tertiary/aromatic N) is 3. The third kappa shape index (κ3) is 2.94. The molecule has 0 saturated heterocycles. The number of ether oxygens (including phenoxy) is 1. The lowest BCUT2D eigenvalue weighted by molar-refractivity contribution is 0.463. The first kappa shape index (κ1) is 14.3. The Morgan fingerprint density at radius 3 is 2.50 bits per heavy atom. The van der Waals surface area contributed by atoms with Crippen LogP contribution in [-0.2, 0) is 0 Å².